The number of amides is 1. The number of hydrogen-bond donors (Lipinski definition) is 0. The molecule has 0 saturated heterocycles. The fraction of sp³-hybridized carbons (Fsp3) is 0.800. The van der Waals surface area contributed by atoms with Crippen LogP contribution in [0.4, 0.5) is 0 Å². The molecular formula is C15H28ClNO3. The molecule has 20 heavy (non-hydrogen) atoms. The first-order chi connectivity index (χ1) is 9.72. The van der Waals surface area contributed by atoms with Crippen LogP contribution < -0.4 is 0 Å². The van der Waals surface area contributed by atoms with E-state index in [9.17, 15) is 4.79 Å². The van der Waals surface area contributed by atoms with Gasteiger partial charge in [-0.05, 0) is 19.3 Å². The van der Waals surface area contributed by atoms with Gasteiger partial charge in [-0.3, -0.25) is 9.63 Å². The van der Waals surface area contributed by atoms with Crippen LogP contribution in [-0.4, -0.2) is 44.2 Å². The van der Waals surface area contributed by atoms with Crippen molar-refractivity contribution < 1.29 is 14.4 Å². The van der Waals surface area contributed by atoms with Gasteiger partial charge >= 0.3 is 0 Å². The number of halogens is 1. The molecule has 0 radical (unpaired) electrons. The summed E-state index contributed by atoms with van der Waals surface area (Å²) in [7, 11) is 3.04. The maximum atomic E-state index is 11.3. The summed E-state index contributed by atoms with van der Waals surface area (Å²) in [6, 6.07) is 0. The first-order valence-corrected chi connectivity index (χ1v) is 7.85. The lowest BCUT2D eigenvalue weighted by Crippen LogP contribution is -2.29. The van der Waals surface area contributed by atoms with Gasteiger partial charge in [-0.15, -0.1) is 11.6 Å². The molecule has 0 aromatic heterocycles. The quantitative estimate of drug-likeness (QED) is 0.226. The molecular weight excluding hydrogens is 278 g/mol. The van der Waals surface area contributed by atoms with E-state index in [4.69, 9.17) is 21.2 Å². The molecule has 0 aliphatic rings. The van der Waals surface area contributed by atoms with E-state index < -0.39 is 0 Å². The highest BCUT2D eigenvalue weighted by atomic mass is 35.5. The van der Waals surface area contributed by atoms with Gasteiger partial charge in [0.15, 0.2) is 0 Å². The average molecular weight is 306 g/mol. The van der Waals surface area contributed by atoms with Crippen molar-refractivity contribution in [3.8, 4) is 0 Å². The monoisotopic (exact) mass is 305 g/mol. The van der Waals surface area contributed by atoms with E-state index in [1.807, 2.05) is 6.08 Å². The maximum absolute atomic E-state index is 11.3. The zero-order valence-electron chi connectivity index (χ0n) is 12.8. The molecule has 0 aromatic rings. The summed E-state index contributed by atoms with van der Waals surface area (Å²) in [6.07, 6.45) is 12.4. The van der Waals surface area contributed by atoms with Crippen molar-refractivity contribution in [1.29, 1.82) is 0 Å². The fourth-order valence-corrected chi connectivity index (χ4v) is 1.83. The van der Waals surface area contributed by atoms with Crippen LogP contribution in [0, 0.1) is 0 Å². The van der Waals surface area contributed by atoms with Crippen LogP contribution in [0.15, 0.2) is 12.2 Å². The van der Waals surface area contributed by atoms with Gasteiger partial charge in [-0.25, -0.2) is 5.06 Å². The van der Waals surface area contributed by atoms with Gasteiger partial charge < -0.3 is 4.74 Å². The second kappa shape index (κ2) is 14.8. The third-order valence-electron chi connectivity index (χ3n) is 3.02. The van der Waals surface area contributed by atoms with E-state index in [1.165, 1.54) is 37.9 Å². The van der Waals surface area contributed by atoms with Crippen molar-refractivity contribution in [3.63, 3.8) is 0 Å². The van der Waals surface area contributed by atoms with E-state index in [0.717, 1.165) is 19.3 Å². The zero-order chi connectivity index (χ0) is 15.1. The molecule has 0 heterocycles. The molecule has 4 nitrogen and oxygen atoms in total. The Labute approximate surface area is 128 Å². The number of allylic oxidation sites excluding steroid dienone is 2. The number of unbranched alkanes of at least 4 members (excludes halogenated alkanes) is 6. The first kappa shape index (κ1) is 19.4. The molecule has 118 valence electrons. The Balaban J connectivity index is 3.17. The predicted molar refractivity (Wildman–Crippen MR) is 82.8 cm³/mol. The number of hydroxylamine groups is 2. The van der Waals surface area contributed by atoms with Gasteiger partial charge in [-0.2, -0.15) is 0 Å². The smallest absolute Gasteiger partial charge is 0.271 e. The molecule has 0 bridgehead atoms. The Morgan fingerprint density at radius 1 is 1.10 bits per heavy atom. The number of ether oxygens (including phenoxy) is 1. The first-order valence-electron chi connectivity index (χ1n) is 7.31. The summed E-state index contributed by atoms with van der Waals surface area (Å²) < 4.78 is 5.30. The van der Waals surface area contributed by atoms with Crippen LogP contribution >= 0.6 is 11.6 Å². The van der Waals surface area contributed by atoms with Gasteiger partial charge in [0.25, 0.3) is 5.91 Å². The maximum Gasteiger partial charge on any atom is 0.271 e. The molecule has 5 heteroatoms. The van der Waals surface area contributed by atoms with Crippen molar-refractivity contribution in [2.24, 2.45) is 0 Å². The van der Waals surface area contributed by atoms with Crippen molar-refractivity contribution in [2.75, 3.05) is 33.3 Å². The summed E-state index contributed by atoms with van der Waals surface area (Å²) in [5.74, 6) is 0.459. The van der Waals surface area contributed by atoms with Gasteiger partial charge in [0, 0.05) is 19.5 Å². The van der Waals surface area contributed by atoms with E-state index in [1.54, 1.807) is 7.05 Å². The van der Waals surface area contributed by atoms with Crippen LogP contribution in [0.2, 0.25) is 0 Å². The SMILES string of the molecule is CON(C)C(=O)COCCCCCCCC/C=C/CCl. The molecule has 0 spiro atoms. The summed E-state index contributed by atoms with van der Waals surface area (Å²) in [5, 5.41) is 1.18. The zero-order valence-corrected chi connectivity index (χ0v) is 13.5. The number of alkyl halides is 1. The second-order valence-corrected chi connectivity index (χ2v) is 4.97. The van der Waals surface area contributed by atoms with Gasteiger partial charge in [0.1, 0.15) is 6.61 Å². The van der Waals surface area contributed by atoms with Crippen molar-refractivity contribution in [3.05, 3.63) is 12.2 Å². The molecule has 0 atom stereocenters. The highest BCUT2D eigenvalue weighted by molar-refractivity contribution is 6.18. The van der Waals surface area contributed by atoms with Gasteiger partial charge in [0.05, 0.1) is 7.11 Å². The summed E-state index contributed by atoms with van der Waals surface area (Å²) in [5.41, 5.74) is 0. The highest BCUT2D eigenvalue weighted by Crippen LogP contribution is 2.07. The van der Waals surface area contributed by atoms with Crippen LogP contribution in [0.5, 0.6) is 0 Å². The molecule has 0 rings (SSSR count). The van der Waals surface area contributed by atoms with Crippen LogP contribution in [0.1, 0.15) is 44.9 Å². The largest absolute Gasteiger partial charge is 0.372 e. The molecule has 0 fully saturated rings. The number of carbonyl (C=O) groups is 1. The van der Waals surface area contributed by atoms with Crippen molar-refractivity contribution in [1.82, 2.24) is 5.06 Å². The molecule has 0 aromatic carbocycles. The highest BCUT2D eigenvalue weighted by Gasteiger charge is 2.06. The van der Waals surface area contributed by atoms with Crippen LogP contribution in [-0.2, 0) is 14.4 Å². The van der Waals surface area contributed by atoms with Gasteiger partial charge in [0.2, 0.25) is 0 Å². The fourth-order valence-electron chi connectivity index (χ4n) is 1.71. The number of rotatable bonds is 13. The third-order valence-corrected chi connectivity index (χ3v) is 3.19. The van der Waals surface area contributed by atoms with E-state index in [0.29, 0.717) is 12.5 Å². The molecule has 0 N–H and O–H groups in total. The third kappa shape index (κ3) is 12.5. The Bertz CT molecular complexity index is 260. The van der Waals surface area contributed by atoms with Crippen molar-refractivity contribution in [2.45, 2.75) is 44.9 Å². The van der Waals surface area contributed by atoms with Crippen LogP contribution in [0.3, 0.4) is 0 Å². The minimum absolute atomic E-state index is 0.0945. The molecule has 0 saturated carbocycles. The number of likely N-dealkylation sites (N-methyl/N-ethyl adjacent to an activating group) is 1. The Hall–Kier alpha value is -0.580. The lowest BCUT2D eigenvalue weighted by molar-refractivity contribution is -0.173. The lowest BCUT2D eigenvalue weighted by atomic mass is 10.1. The van der Waals surface area contributed by atoms with Gasteiger partial charge in [-0.1, -0.05) is 37.8 Å². The standard InChI is InChI=1S/C15H28ClNO3/c1-17(19-2)15(18)14-20-13-11-9-7-5-3-4-6-8-10-12-16/h8,10H,3-7,9,11-14H2,1-2H3/b10-8+. The van der Waals surface area contributed by atoms with Crippen molar-refractivity contribution >= 4 is 17.5 Å². The molecule has 1 amide bonds. The lowest BCUT2D eigenvalue weighted by Gasteiger charge is -2.13. The summed E-state index contributed by atoms with van der Waals surface area (Å²) >= 11 is 5.54. The predicted octanol–water partition coefficient (Wildman–Crippen LogP) is 3.55. The Morgan fingerprint density at radius 3 is 2.40 bits per heavy atom. The number of nitrogens with zero attached hydrogens (tertiary/aromatic N) is 1. The summed E-state index contributed by atoms with van der Waals surface area (Å²) in [4.78, 5) is 16.1. The minimum atomic E-state index is -0.155. The minimum Gasteiger partial charge on any atom is -0.372 e. The average Bonchev–Trinajstić information content (AvgIpc) is 2.47. The molecule has 0 aliphatic heterocycles. The topological polar surface area (TPSA) is 38.8 Å². The molecule has 0 unspecified atom stereocenters. The second-order valence-electron chi connectivity index (χ2n) is 4.66. The van der Waals surface area contributed by atoms with E-state index in [2.05, 4.69) is 6.08 Å². The van der Waals surface area contributed by atoms with Crippen LogP contribution in [0.25, 0.3) is 0 Å². The molecule has 0 aliphatic carbocycles. The van der Waals surface area contributed by atoms with E-state index in [-0.39, 0.29) is 12.5 Å². The van der Waals surface area contributed by atoms with E-state index >= 15 is 0 Å². The number of carbonyl (C=O) groups excluding carboxylic acids is 1. The number of hydrogen-bond acceptors (Lipinski definition) is 3. The summed E-state index contributed by atoms with van der Waals surface area (Å²) in [6.45, 7) is 0.735. The Kier molecular flexibility index (Phi) is 14.4. The Morgan fingerprint density at radius 2 is 1.75 bits per heavy atom. The normalized spacial score (nSPS) is 11.2.